The number of ketones is 1. The summed E-state index contributed by atoms with van der Waals surface area (Å²) in [5.74, 6) is 1.43. The Morgan fingerprint density at radius 3 is 2.35 bits per heavy atom. The maximum atomic E-state index is 12.3. The highest BCUT2D eigenvalue weighted by atomic mass is 16.5. The first-order chi connectivity index (χ1) is 14.7. The number of methoxy groups -OCH3 is 2. The number of aryl methyl sites for hydroxylation is 2. The molecule has 0 aliphatic carbocycles. The van der Waals surface area contributed by atoms with Gasteiger partial charge in [-0.3, -0.25) is 4.79 Å². The lowest BCUT2D eigenvalue weighted by Gasteiger charge is -2.18. The number of benzene rings is 2. The molecule has 0 aromatic heterocycles. The van der Waals surface area contributed by atoms with Crippen LogP contribution in [-0.2, 0) is 24.1 Å². The fraction of sp³-hybridized carbons (Fsp3) is 0.480. The molecule has 0 amide bonds. The van der Waals surface area contributed by atoms with Crippen LogP contribution < -0.4 is 9.47 Å². The molecule has 6 nitrogen and oxygen atoms in total. The van der Waals surface area contributed by atoms with Gasteiger partial charge in [-0.2, -0.15) is 0 Å². The monoisotopic (exact) mass is 430 g/mol. The quantitative estimate of drug-likeness (QED) is 0.467. The Morgan fingerprint density at radius 2 is 1.71 bits per heavy atom. The van der Waals surface area contributed by atoms with Crippen LogP contribution >= 0.6 is 0 Å². The second-order valence-electron chi connectivity index (χ2n) is 8.30. The van der Waals surface area contributed by atoms with Crippen molar-refractivity contribution in [3.05, 3.63) is 47.0 Å². The molecule has 0 spiro atoms. The van der Waals surface area contributed by atoms with Gasteiger partial charge in [0.1, 0.15) is 5.78 Å². The summed E-state index contributed by atoms with van der Waals surface area (Å²) in [5.41, 5.74) is 2.87. The van der Waals surface area contributed by atoms with E-state index >= 15 is 0 Å². The summed E-state index contributed by atoms with van der Waals surface area (Å²) in [6, 6.07) is 8.50. The molecule has 3 N–H and O–H groups in total. The molecule has 0 radical (unpaired) electrons. The van der Waals surface area contributed by atoms with Crippen LogP contribution in [0.2, 0.25) is 0 Å². The van der Waals surface area contributed by atoms with Gasteiger partial charge >= 0.3 is 0 Å². The lowest BCUT2D eigenvalue weighted by Crippen LogP contribution is -2.15. The minimum atomic E-state index is -0.728. The van der Waals surface area contributed by atoms with Crippen molar-refractivity contribution in [3.63, 3.8) is 0 Å². The van der Waals surface area contributed by atoms with Crippen LogP contribution in [0.4, 0.5) is 0 Å². The van der Waals surface area contributed by atoms with Gasteiger partial charge in [0.05, 0.1) is 20.3 Å². The molecule has 2 rings (SSSR count). The Morgan fingerprint density at radius 1 is 1.00 bits per heavy atom. The van der Waals surface area contributed by atoms with Crippen molar-refractivity contribution < 1.29 is 29.6 Å². The molecular weight excluding hydrogens is 396 g/mol. The predicted octanol–water partition coefficient (Wildman–Crippen LogP) is 4.20. The number of aromatic hydroxyl groups is 2. The number of aliphatic hydroxyl groups excluding tert-OH is 1. The van der Waals surface area contributed by atoms with Crippen LogP contribution in [0.15, 0.2) is 30.3 Å². The molecule has 0 fully saturated rings. The maximum absolute atomic E-state index is 12.3. The highest BCUT2D eigenvalue weighted by molar-refractivity contribution is 5.79. The topological polar surface area (TPSA) is 96.2 Å². The molecular formula is C25H34O6. The molecule has 0 bridgehead atoms. The molecule has 2 aromatic rings. The van der Waals surface area contributed by atoms with Crippen LogP contribution in [0, 0.1) is 5.92 Å². The van der Waals surface area contributed by atoms with Crippen molar-refractivity contribution in [2.45, 2.75) is 58.5 Å². The first kappa shape index (κ1) is 24.5. The Labute approximate surface area is 184 Å². The van der Waals surface area contributed by atoms with Crippen LogP contribution in [0.3, 0.4) is 0 Å². The summed E-state index contributed by atoms with van der Waals surface area (Å²) in [6.07, 6.45) is 2.03. The van der Waals surface area contributed by atoms with E-state index in [9.17, 15) is 20.1 Å². The molecule has 0 unspecified atom stereocenters. The van der Waals surface area contributed by atoms with E-state index in [4.69, 9.17) is 9.47 Å². The number of Topliss-reactive ketones (excluding diaryl/α,β-unsaturated/α-hetero) is 1. The van der Waals surface area contributed by atoms with Crippen LogP contribution in [0.1, 0.15) is 49.8 Å². The fourth-order valence-corrected chi connectivity index (χ4v) is 3.70. The van der Waals surface area contributed by atoms with Crippen LogP contribution in [0.25, 0.3) is 0 Å². The van der Waals surface area contributed by atoms with Gasteiger partial charge < -0.3 is 24.8 Å². The molecule has 0 aliphatic rings. The summed E-state index contributed by atoms with van der Waals surface area (Å²) in [4.78, 5) is 12.3. The molecule has 2 aromatic carbocycles. The smallest absolute Gasteiger partial charge is 0.163 e. The van der Waals surface area contributed by atoms with Gasteiger partial charge in [0.15, 0.2) is 23.0 Å². The Kier molecular flexibility index (Phi) is 9.19. The molecule has 31 heavy (non-hydrogen) atoms. The average molecular weight is 431 g/mol. The molecule has 170 valence electrons. The first-order valence-electron chi connectivity index (χ1n) is 10.7. The van der Waals surface area contributed by atoms with Crippen molar-refractivity contribution in [1.29, 1.82) is 0 Å². The number of carbonyl (C=O) groups is 1. The van der Waals surface area contributed by atoms with E-state index in [0.29, 0.717) is 43.1 Å². The van der Waals surface area contributed by atoms with E-state index in [2.05, 4.69) is 13.8 Å². The van der Waals surface area contributed by atoms with Crippen LogP contribution in [-0.4, -0.2) is 41.4 Å². The number of phenolic OH excluding ortho intramolecular Hbond substituents is 2. The fourth-order valence-electron chi connectivity index (χ4n) is 3.70. The maximum Gasteiger partial charge on any atom is 0.163 e. The summed E-state index contributed by atoms with van der Waals surface area (Å²) in [7, 11) is 3.02. The van der Waals surface area contributed by atoms with Gasteiger partial charge in [0.2, 0.25) is 0 Å². The van der Waals surface area contributed by atoms with Crippen molar-refractivity contribution in [1.82, 2.24) is 0 Å². The predicted molar refractivity (Wildman–Crippen MR) is 120 cm³/mol. The Hall–Kier alpha value is -2.73. The van der Waals surface area contributed by atoms with Crippen LogP contribution in [0.5, 0.6) is 23.0 Å². The van der Waals surface area contributed by atoms with Gasteiger partial charge in [0.25, 0.3) is 0 Å². The number of carbonyl (C=O) groups excluding carboxylic acids is 1. The molecule has 0 saturated carbocycles. The van der Waals surface area contributed by atoms with E-state index in [-0.39, 0.29) is 23.7 Å². The standard InChI is InChI=1S/C25H34O6/c1-16(2)13-21-18(8-12-23(29)25(21)31-4)7-10-20(27)15-19(26)9-5-17-6-11-22(28)24(14-17)30-3/h6,8,11-12,14,16,20,27-29H,5,7,9-10,13,15H2,1-4H3/t20-/m0/s1. The number of rotatable bonds is 12. The third-order valence-corrected chi connectivity index (χ3v) is 5.30. The third kappa shape index (κ3) is 7.17. The highest BCUT2D eigenvalue weighted by Gasteiger charge is 2.17. The first-order valence-corrected chi connectivity index (χ1v) is 10.7. The number of hydrogen-bond acceptors (Lipinski definition) is 6. The number of ether oxygens (including phenoxy) is 2. The Bertz CT molecular complexity index is 875. The molecule has 0 saturated heterocycles. The zero-order chi connectivity index (χ0) is 23.0. The second kappa shape index (κ2) is 11.6. The minimum Gasteiger partial charge on any atom is -0.504 e. The largest absolute Gasteiger partial charge is 0.504 e. The summed E-state index contributed by atoms with van der Waals surface area (Å²) in [5, 5.41) is 30.1. The van der Waals surface area contributed by atoms with E-state index in [0.717, 1.165) is 23.1 Å². The van der Waals surface area contributed by atoms with Gasteiger partial charge in [-0.25, -0.2) is 0 Å². The molecule has 0 heterocycles. The summed E-state index contributed by atoms with van der Waals surface area (Å²) < 4.78 is 10.5. The normalized spacial score (nSPS) is 12.1. The lowest BCUT2D eigenvalue weighted by atomic mass is 9.92. The average Bonchev–Trinajstić information content (AvgIpc) is 2.72. The SMILES string of the molecule is COc1cc(CCC(=O)C[C@@H](O)CCc2ccc(O)c(OC)c2CC(C)C)ccc1O. The third-order valence-electron chi connectivity index (χ3n) is 5.30. The number of hydrogen-bond donors (Lipinski definition) is 3. The lowest BCUT2D eigenvalue weighted by molar-refractivity contribution is -0.121. The van der Waals surface area contributed by atoms with Gasteiger partial charge in [-0.05, 0) is 60.9 Å². The molecule has 1 atom stereocenters. The van der Waals surface area contributed by atoms with Gasteiger partial charge in [0, 0.05) is 18.4 Å². The van der Waals surface area contributed by atoms with Gasteiger partial charge in [-0.15, -0.1) is 0 Å². The molecule has 0 aliphatic heterocycles. The van der Waals surface area contributed by atoms with Gasteiger partial charge in [-0.1, -0.05) is 26.0 Å². The van der Waals surface area contributed by atoms with Crippen molar-refractivity contribution in [2.24, 2.45) is 5.92 Å². The van der Waals surface area contributed by atoms with E-state index in [1.807, 2.05) is 6.07 Å². The highest BCUT2D eigenvalue weighted by Crippen LogP contribution is 2.35. The van der Waals surface area contributed by atoms with E-state index in [1.165, 1.54) is 7.11 Å². The minimum absolute atomic E-state index is 0.00904. The zero-order valence-corrected chi connectivity index (χ0v) is 18.9. The summed E-state index contributed by atoms with van der Waals surface area (Å²) >= 11 is 0. The van der Waals surface area contributed by atoms with Crippen molar-refractivity contribution in [3.8, 4) is 23.0 Å². The number of phenols is 2. The Balaban J connectivity index is 1.91. The van der Waals surface area contributed by atoms with E-state index in [1.54, 1.807) is 31.4 Å². The molecule has 6 heteroatoms. The van der Waals surface area contributed by atoms with Crippen molar-refractivity contribution >= 4 is 5.78 Å². The second-order valence-corrected chi connectivity index (χ2v) is 8.30. The van der Waals surface area contributed by atoms with Crippen molar-refractivity contribution in [2.75, 3.05) is 14.2 Å². The number of aliphatic hydroxyl groups is 1. The van der Waals surface area contributed by atoms with E-state index < -0.39 is 6.10 Å². The summed E-state index contributed by atoms with van der Waals surface area (Å²) in [6.45, 7) is 4.20. The zero-order valence-electron chi connectivity index (χ0n) is 18.9.